The minimum absolute atomic E-state index is 0.216. The number of rotatable bonds is 3. The van der Waals surface area contributed by atoms with Crippen LogP contribution in [0.2, 0.25) is 0 Å². The molecule has 0 amide bonds. The van der Waals surface area contributed by atoms with Gasteiger partial charge >= 0.3 is 0 Å². The van der Waals surface area contributed by atoms with Gasteiger partial charge in [0.2, 0.25) is 0 Å². The van der Waals surface area contributed by atoms with Crippen molar-refractivity contribution in [2.75, 3.05) is 0 Å². The topological polar surface area (TPSA) is 17.1 Å². The van der Waals surface area contributed by atoms with Crippen LogP contribution in [0.5, 0.6) is 0 Å². The summed E-state index contributed by atoms with van der Waals surface area (Å²) in [5.74, 6) is 0.344. The van der Waals surface area contributed by atoms with E-state index in [-0.39, 0.29) is 5.41 Å². The van der Waals surface area contributed by atoms with E-state index in [0.717, 1.165) is 6.42 Å². The molecule has 0 aliphatic heterocycles. The third-order valence-corrected chi connectivity index (χ3v) is 3.28. The molecule has 0 heterocycles. The first-order valence-corrected chi connectivity index (χ1v) is 6.32. The van der Waals surface area contributed by atoms with Gasteiger partial charge in [0.25, 0.3) is 0 Å². The van der Waals surface area contributed by atoms with Crippen molar-refractivity contribution in [3.8, 4) is 0 Å². The van der Waals surface area contributed by atoms with Gasteiger partial charge in [-0.15, -0.1) is 0 Å². The third kappa shape index (κ3) is 3.69. The lowest BCUT2D eigenvalue weighted by Crippen LogP contribution is -2.20. The average molecular weight is 232 g/mol. The standard InChI is InChI=1S/C16H24O/c1-11-9-12(2)14(13(3)10-11)7-8-15(17)16(4,5)6/h9-10H,7-8H2,1-6H3. The fourth-order valence-electron chi connectivity index (χ4n) is 2.22. The van der Waals surface area contributed by atoms with Crippen LogP contribution in [0.1, 0.15) is 49.4 Å². The molecule has 1 nitrogen and oxygen atoms in total. The lowest BCUT2D eigenvalue weighted by atomic mass is 9.86. The van der Waals surface area contributed by atoms with E-state index in [2.05, 4.69) is 32.9 Å². The molecule has 0 aliphatic carbocycles. The van der Waals surface area contributed by atoms with Crippen LogP contribution in [0.4, 0.5) is 0 Å². The second kappa shape index (κ2) is 5.03. The Labute approximate surface area is 105 Å². The summed E-state index contributed by atoms with van der Waals surface area (Å²) in [6, 6.07) is 4.40. The molecule has 0 aromatic heterocycles. The van der Waals surface area contributed by atoms with Crippen molar-refractivity contribution in [2.24, 2.45) is 5.41 Å². The lowest BCUT2D eigenvalue weighted by molar-refractivity contribution is -0.126. The molecule has 1 heteroatoms. The Balaban J connectivity index is 2.80. The average Bonchev–Trinajstić information content (AvgIpc) is 2.13. The van der Waals surface area contributed by atoms with Gasteiger partial charge in [0.05, 0.1) is 0 Å². The zero-order chi connectivity index (χ0) is 13.2. The number of benzene rings is 1. The van der Waals surface area contributed by atoms with Crippen LogP contribution >= 0.6 is 0 Å². The Kier molecular flexibility index (Phi) is 4.13. The predicted molar refractivity (Wildman–Crippen MR) is 73.4 cm³/mol. The molecule has 1 aromatic carbocycles. The van der Waals surface area contributed by atoms with Crippen molar-refractivity contribution in [3.05, 3.63) is 34.4 Å². The molecule has 0 spiro atoms. The number of hydrogen-bond acceptors (Lipinski definition) is 1. The summed E-state index contributed by atoms with van der Waals surface area (Å²) >= 11 is 0. The number of Topliss-reactive ketones (excluding diaryl/α,β-unsaturated/α-hetero) is 1. The number of carbonyl (C=O) groups is 1. The largest absolute Gasteiger partial charge is 0.299 e. The normalized spacial score (nSPS) is 11.6. The van der Waals surface area contributed by atoms with Crippen LogP contribution in [-0.4, -0.2) is 5.78 Å². The van der Waals surface area contributed by atoms with Gasteiger partial charge in [-0.25, -0.2) is 0 Å². The van der Waals surface area contributed by atoms with Gasteiger partial charge in [0.15, 0.2) is 0 Å². The predicted octanol–water partition coefficient (Wildman–Crippen LogP) is 4.16. The van der Waals surface area contributed by atoms with Crippen molar-refractivity contribution >= 4 is 5.78 Å². The molecule has 0 bridgehead atoms. The molecule has 1 rings (SSSR count). The maximum atomic E-state index is 11.9. The Morgan fingerprint density at radius 1 is 1.06 bits per heavy atom. The SMILES string of the molecule is Cc1cc(C)c(CCC(=O)C(C)(C)C)c(C)c1. The first-order chi connectivity index (χ1) is 7.71. The van der Waals surface area contributed by atoms with Crippen LogP contribution in [0.15, 0.2) is 12.1 Å². The van der Waals surface area contributed by atoms with Crippen LogP contribution < -0.4 is 0 Å². The van der Waals surface area contributed by atoms with Gasteiger partial charge in [-0.05, 0) is 43.9 Å². The van der Waals surface area contributed by atoms with Crippen LogP contribution in [-0.2, 0) is 11.2 Å². The summed E-state index contributed by atoms with van der Waals surface area (Å²) in [5, 5.41) is 0. The van der Waals surface area contributed by atoms with E-state index in [1.807, 2.05) is 20.8 Å². The highest BCUT2D eigenvalue weighted by Gasteiger charge is 2.20. The van der Waals surface area contributed by atoms with Gasteiger partial charge in [0, 0.05) is 11.8 Å². The van der Waals surface area contributed by atoms with E-state index in [4.69, 9.17) is 0 Å². The van der Waals surface area contributed by atoms with Crippen molar-refractivity contribution in [2.45, 2.75) is 54.4 Å². The number of carbonyl (C=O) groups excluding carboxylic acids is 1. The highest BCUT2D eigenvalue weighted by atomic mass is 16.1. The second-order valence-electron chi connectivity index (χ2n) is 6.05. The van der Waals surface area contributed by atoms with E-state index in [9.17, 15) is 4.79 Å². The van der Waals surface area contributed by atoms with E-state index in [1.165, 1.54) is 22.3 Å². The Hall–Kier alpha value is -1.11. The van der Waals surface area contributed by atoms with Crippen molar-refractivity contribution in [1.82, 2.24) is 0 Å². The zero-order valence-corrected chi connectivity index (χ0v) is 12.0. The van der Waals surface area contributed by atoms with Gasteiger partial charge in [-0.2, -0.15) is 0 Å². The third-order valence-electron chi connectivity index (χ3n) is 3.28. The van der Waals surface area contributed by atoms with Gasteiger partial charge in [0.1, 0.15) is 5.78 Å². The van der Waals surface area contributed by atoms with Crippen molar-refractivity contribution < 1.29 is 4.79 Å². The molecular formula is C16H24O. The Bertz CT molecular complexity index is 399. The molecule has 0 saturated heterocycles. The van der Waals surface area contributed by atoms with Crippen LogP contribution in [0, 0.1) is 26.2 Å². The molecular weight excluding hydrogens is 208 g/mol. The summed E-state index contributed by atoms with van der Waals surface area (Å²) in [6.07, 6.45) is 1.52. The summed E-state index contributed by atoms with van der Waals surface area (Å²) in [4.78, 5) is 11.9. The summed E-state index contributed by atoms with van der Waals surface area (Å²) < 4.78 is 0. The fraction of sp³-hybridized carbons (Fsp3) is 0.562. The Morgan fingerprint density at radius 3 is 1.94 bits per heavy atom. The monoisotopic (exact) mass is 232 g/mol. The maximum absolute atomic E-state index is 11.9. The molecule has 0 fully saturated rings. The van der Waals surface area contributed by atoms with Crippen LogP contribution in [0.25, 0.3) is 0 Å². The first kappa shape index (κ1) is 14.0. The number of ketones is 1. The smallest absolute Gasteiger partial charge is 0.138 e. The summed E-state index contributed by atoms with van der Waals surface area (Å²) in [5.41, 5.74) is 5.04. The van der Waals surface area contributed by atoms with Gasteiger partial charge in [-0.3, -0.25) is 4.79 Å². The molecule has 0 saturated carbocycles. The first-order valence-electron chi connectivity index (χ1n) is 6.32. The number of hydrogen-bond donors (Lipinski definition) is 0. The molecule has 0 radical (unpaired) electrons. The highest BCUT2D eigenvalue weighted by molar-refractivity contribution is 5.83. The van der Waals surface area contributed by atoms with E-state index in [0.29, 0.717) is 12.2 Å². The lowest BCUT2D eigenvalue weighted by Gasteiger charge is -2.17. The maximum Gasteiger partial charge on any atom is 0.138 e. The van der Waals surface area contributed by atoms with E-state index < -0.39 is 0 Å². The zero-order valence-electron chi connectivity index (χ0n) is 12.0. The quantitative estimate of drug-likeness (QED) is 0.764. The molecule has 0 N–H and O–H groups in total. The molecule has 0 aliphatic rings. The van der Waals surface area contributed by atoms with Crippen LogP contribution in [0.3, 0.4) is 0 Å². The molecule has 0 atom stereocenters. The highest BCUT2D eigenvalue weighted by Crippen LogP contribution is 2.22. The summed E-state index contributed by atoms with van der Waals surface area (Å²) in [7, 11) is 0. The minimum Gasteiger partial charge on any atom is -0.299 e. The molecule has 17 heavy (non-hydrogen) atoms. The molecule has 0 unspecified atom stereocenters. The van der Waals surface area contributed by atoms with Gasteiger partial charge in [-0.1, -0.05) is 38.5 Å². The number of aryl methyl sites for hydroxylation is 3. The van der Waals surface area contributed by atoms with Crippen molar-refractivity contribution in [1.29, 1.82) is 0 Å². The van der Waals surface area contributed by atoms with E-state index >= 15 is 0 Å². The minimum atomic E-state index is -0.216. The molecule has 94 valence electrons. The second-order valence-corrected chi connectivity index (χ2v) is 6.05. The molecule has 1 aromatic rings. The van der Waals surface area contributed by atoms with Crippen molar-refractivity contribution in [3.63, 3.8) is 0 Å². The van der Waals surface area contributed by atoms with Gasteiger partial charge < -0.3 is 0 Å². The fourth-order valence-corrected chi connectivity index (χ4v) is 2.22. The Morgan fingerprint density at radius 2 is 1.53 bits per heavy atom. The summed E-state index contributed by atoms with van der Waals surface area (Å²) in [6.45, 7) is 12.4. The van der Waals surface area contributed by atoms with E-state index in [1.54, 1.807) is 0 Å².